The number of halogens is 4. The molecular weight excluding hydrogens is 511 g/mol. The number of rotatable bonds is 9. The van der Waals surface area contributed by atoms with Crippen molar-refractivity contribution in [2.24, 2.45) is 0 Å². The van der Waals surface area contributed by atoms with Crippen LogP contribution in [0.1, 0.15) is 23.0 Å². The van der Waals surface area contributed by atoms with Crippen LogP contribution in [0.15, 0.2) is 66.9 Å². The second kappa shape index (κ2) is 12.3. The second-order valence-corrected chi connectivity index (χ2v) is 7.94. The average molecular weight is 536 g/mol. The molecule has 0 aliphatic heterocycles. The lowest BCUT2D eigenvalue weighted by molar-refractivity contribution is -0.154. The van der Waals surface area contributed by atoms with Crippen molar-refractivity contribution in [3.63, 3.8) is 0 Å². The first-order chi connectivity index (χ1) is 17.3. The number of para-hydroxylation sites is 2. The van der Waals surface area contributed by atoms with E-state index in [1.54, 1.807) is 13.2 Å². The molecule has 4 rings (SSSR count). The molecule has 2 heterocycles. The number of pyridine rings is 1. The Bertz CT molecular complexity index is 1280. The zero-order valence-corrected chi connectivity index (χ0v) is 20.5. The molecule has 37 heavy (non-hydrogen) atoms. The Morgan fingerprint density at radius 2 is 1.84 bits per heavy atom. The van der Waals surface area contributed by atoms with Gasteiger partial charge in [0.05, 0.1) is 24.2 Å². The molecule has 1 atom stereocenters. The first-order valence-electron chi connectivity index (χ1n) is 11.1. The molecular formula is C25H25ClF3N5O3. The van der Waals surface area contributed by atoms with Crippen molar-refractivity contribution >= 4 is 29.5 Å². The number of methoxy groups -OCH3 is 1. The van der Waals surface area contributed by atoms with Crippen LogP contribution >= 0.6 is 12.4 Å². The molecule has 0 saturated carbocycles. The minimum atomic E-state index is -4.50. The van der Waals surface area contributed by atoms with Crippen LogP contribution in [0.2, 0.25) is 0 Å². The maximum Gasteiger partial charge on any atom is 0.422 e. The number of fused-ring (bicyclic) bond motifs is 1. The molecule has 3 N–H and O–H groups in total. The first kappa shape index (κ1) is 27.6. The van der Waals surface area contributed by atoms with E-state index < -0.39 is 24.9 Å². The molecule has 12 heteroatoms. The molecule has 0 fully saturated rings. The van der Waals surface area contributed by atoms with Crippen molar-refractivity contribution in [3.05, 3.63) is 83.8 Å². The highest BCUT2D eigenvalue weighted by Crippen LogP contribution is 2.22. The molecule has 0 spiro atoms. The van der Waals surface area contributed by atoms with Crippen LogP contribution in [0.25, 0.3) is 11.0 Å². The summed E-state index contributed by atoms with van der Waals surface area (Å²) in [5.74, 6) is 1.09. The van der Waals surface area contributed by atoms with Crippen molar-refractivity contribution in [2.75, 3.05) is 13.7 Å². The number of alkyl halides is 3. The third-order valence-corrected chi connectivity index (χ3v) is 5.30. The predicted octanol–water partition coefficient (Wildman–Crippen LogP) is 5.11. The third kappa shape index (κ3) is 7.74. The zero-order valence-electron chi connectivity index (χ0n) is 19.7. The van der Waals surface area contributed by atoms with Crippen LogP contribution in [-0.4, -0.2) is 40.9 Å². The number of hydrogen-bond acceptors (Lipinski definition) is 5. The Labute approximate surface area is 217 Å². The molecule has 0 saturated heterocycles. The number of aromatic nitrogens is 3. The Hall–Kier alpha value is -3.99. The standard InChI is InChI=1S/C25H24F3N5O3.ClH/c1-35-18-10-8-16(9-11-18)13-21(22-31-19-6-2-3-7-20(19)32-22)33-24(34)30-14-17-5-4-12-29-23(17)36-15-25(26,27)28;/h2-12,21H,13-15H2,1H3,(H,31,32)(H2,30,33,34);1H. The molecule has 0 bridgehead atoms. The SMILES string of the molecule is COc1ccc(CC(NC(=O)NCc2cccnc2OCC(F)(F)F)c2nc3ccccc3[nH]2)cc1.Cl. The van der Waals surface area contributed by atoms with E-state index in [-0.39, 0.29) is 24.8 Å². The summed E-state index contributed by atoms with van der Waals surface area (Å²) < 4.78 is 47.6. The number of nitrogens with zero attached hydrogens (tertiary/aromatic N) is 2. The van der Waals surface area contributed by atoms with Crippen molar-refractivity contribution in [3.8, 4) is 11.6 Å². The Morgan fingerprint density at radius 3 is 2.54 bits per heavy atom. The summed E-state index contributed by atoms with van der Waals surface area (Å²) in [5.41, 5.74) is 2.84. The number of imidazole rings is 1. The topological polar surface area (TPSA) is 101 Å². The van der Waals surface area contributed by atoms with E-state index in [4.69, 9.17) is 9.47 Å². The van der Waals surface area contributed by atoms with Gasteiger partial charge in [-0.25, -0.2) is 14.8 Å². The van der Waals surface area contributed by atoms with Crippen molar-refractivity contribution in [1.29, 1.82) is 0 Å². The fraction of sp³-hybridized carbons (Fsp3) is 0.240. The van der Waals surface area contributed by atoms with E-state index >= 15 is 0 Å². The number of carbonyl (C=O) groups is 1. The molecule has 196 valence electrons. The molecule has 8 nitrogen and oxygen atoms in total. The smallest absolute Gasteiger partial charge is 0.422 e. The number of nitrogens with one attached hydrogen (secondary N) is 3. The second-order valence-electron chi connectivity index (χ2n) is 7.94. The highest BCUT2D eigenvalue weighted by molar-refractivity contribution is 5.85. The van der Waals surface area contributed by atoms with Gasteiger partial charge in [0.2, 0.25) is 5.88 Å². The molecule has 2 aromatic carbocycles. The van der Waals surface area contributed by atoms with Gasteiger partial charge < -0.3 is 25.1 Å². The van der Waals surface area contributed by atoms with E-state index in [2.05, 4.69) is 25.6 Å². The van der Waals surface area contributed by atoms with Gasteiger partial charge in [-0.05, 0) is 42.3 Å². The van der Waals surface area contributed by atoms with Gasteiger partial charge in [0.1, 0.15) is 11.6 Å². The fourth-order valence-electron chi connectivity index (χ4n) is 3.57. The van der Waals surface area contributed by atoms with Crippen LogP contribution in [0.5, 0.6) is 11.6 Å². The normalized spacial score (nSPS) is 11.9. The summed E-state index contributed by atoms with van der Waals surface area (Å²) in [5, 5.41) is 5.56. The summed E-state index contributed by atoms with van der Waals surface area (Å²) in [6, 6.07) is 17.0. The number of hydrogen-bond donors (Lipinski definition) is 3. The summed E-state index contributed by atoms with van der Waals surface area (Å²) in [6.45, 7) is -1.55. The number of amides is 2. The van der Waals surface area contributed by atoms with Gasteiger partial charge in [-0.15, -0.1) is 12.4 Å². The van der Waals surface area contributed by atoms with E-state index in [9.17, 15) is 18.0 Å². The van der Waals surface area contributed by atoms with Gasteiger partial charge in [0.25, 0.3) is 0 Å². The molecule has 4 aromatic rings. The largest absolute Gasteiger partial charge is 0.497 e. The average Bonchev–Trinajstić information content (AvgIpc) is 3.31. The van der Waals surface area contributed by atoms with E-state index in [0.29, 0.717) is 23.6 Å². The molecule has 0 aliphatic carbocycles. The Kier molecular flexibility index (Phi) is 9.18. The summed E-state index contributed by atoms with van der Waals surface area (Å²) >= 11 is 0. The Morgan fingerprint density at radius 1 is 1.08 bits per heavy atom. The minimum Gasteiger partial charge on any atom is -0.497 e. The van der Waals surface area contributed by atoms with Gasteiger partial charge in [-0.3, -0.25) is 0 Å². The zero-order chi connectivity index (χ0) is 25.5. The van der Waals surface area contributed by atoms with Gasteiger partial charge >= 0.3 is 12.2 Å². The van der Waals surface area contributed by atoms with Crippen LogP contribution in [0.4, 0.5) is 18.0 Å². The van der Waals surface area contributed by atoms with Crippen molar-refractivity contribution in [2.45, 2.75) is 25.2 Å². The predicted molar refractivity (Wildman–Crippen MR) is 134 cm³/mol. The van der Waals surface area contributed by atoms with Crippen molar-refractivity contribution < 1.29 is 27.4 Å². The van der Waals surface area contributed by atoms with Crippen LogP contribution < -0.4 is 20.1 Å². The van der Waals surface area contributed by atoms with E-state index in [0.717, 1.165) is 16.6 Å². The van der Waals surface area contributed by atoms with Crippen molar-refractivity contribution in [1.82, 2.24) is 25.6 Å². The first-order valence-corrected chi connectivity index (χ1v) is 11.1. The Balaban J connectivity index is 0.00000380. The van der Waals surface area contributed by atoms with Gasteiger partial charge in [-0.2, -0.15) is 13.2 Å². The maximum absolute atomic E-state index is 12.8. The van der Waals surface area contributed by atoms with Crippen LogP contribution in [-0.2, 0) is 13.0 Å². The molecule has 1 unspecified atom stereocenters. The van der Waals surface area contributed by atoms with Gasteiger partial charge in [0.15, 0.2) is 6.61 Å². The van der Waals surface area contributed by atoms with Crippen LogP contribution in [0.3, 0.4) is 0 Å². The number of carbonyl (C=O) groups excluding carboxylic acids is 1. The highest BCUT2D eigenvalue weighted by Gasteiger charge is 2.29. The maximum atomic E-state index is 12.8. The van der Waals surface area contributed by atoms with E-state index in [1.807, 2.05) is 48.5 Å². The van der Waals surface area contributed by atoms with Crippen LogP contribution in [0, 0.1) is 0 Å². The number of ether oxygens (including phenoxy) is 2. The molecule has 0 aliphatic rings. The molecule has 2 amide bonds. The monoisotopic (exact) mass is 535 g/mol. The summed E-state index contributed by atoms with van der Waals surface area (Å²) in [6.07, 6.45) is -2.74. The fourth-order valence-corrected chi connectivity index (χ4v) is 3.57. The number of H-pyrrole nitrogens is 1. The summed E-state index contributed by atoms with van der Waals surface area (Å²) in [4.78, 5) is 24.5. The lowest BCUT2D eigenvalue weighted by atomic mass is 10.1. The highest BCUT2D eigenvalue weighted by atomic mass is 35.5. The number of urea groups is 1. The van der Waals surface area contributed by atoms with Gasteiger partial charge in [0, 0.05) is 18.3 Å². The summed E-state index contributed by atoms with van der Waals surface area (Å²) in [7, 11) is 1.58. The number of aromatic amines is 1. The lowest BCUT2D eigenvalue weighted by Crippen LogP contribution is -2.39. The van der Waals surface area contributed by atoms with Gasteiger partial charge in [-0.1, -0.05) is 30.3 Å². The molecule has 0 radical (unpaired) electrons. The molecule has 2 aromatic heterocycles. The quantitative estimate of drug-likeness (QED) is 0.276. The lowest BCUT2D eigenvalue weighted by Gasteiger charge is -2.18. The number of benzene rings is 2. The minimum absolute atomic E-state index is 0. The third-order valence-electron chi connectivity index (χ3n) is 5.30. The van der Waals surface area contributed by atoms with E-state index in [1.165, 1.54) is 12.3 Å².